The molecule has 0 radical (unpaired) electrons. The van der Waals surface area contributed by atoms with Crippen molar-refractivity contribution in [3.63, 3.8) is 0 Å². The minimum Gasteiger partial charge on any atom is -0.294 e. The van der Waals surface area contributed by atoms with E-state index in [0.717, 1.165) is 20.0 Å². The maximum Gasteiger partial charge on any atom is 0.164 e. The Balaban J connectivity index is 2.20. The number of halogens is 2. The average molecular weight is 365 g/mol. The highest BCUT2D eigenvalue weighted by Crippen LogP contribution is 2.34. The van der Waals surface area contributed by atoms with Crippen LogP contribution < -0.4 is 0 Å². The molecule has 0 aliphatic heterocycles. The second kappa shape index (κ2) is 4.31. The third-order valence-electron chi connectivity index (χ3n) is 2.40. The van der Waals surface area contributed by atoms with E-state index in [-0.39, 0.29) is 5.78 Å². The van der Waals surface area contributed by atoms with Gasteiger partial charge >= 0.3 is 0 Å². The Morgan fingerprint density at radius 3 is 2.86 bits per heavy atom. The number of hydrogen-bond acceptors (Lipinski definition) is 1. The molecule has 1 aromatic rings. The van der Waals surface area contributed by atoms with E-state index in [9.17, 15) is 4.79 Å². The summed E-state index contributed by atoms with van der Waals surface area (Å²) in [6.07, 6.45) is 3.18. The quantitative estimate of drug-likeness (QED) is 0.584. The molecule has 74 valence electrons. The maximum absolute atomic E-state index is 11.8. The van der Waals surface area contributed by atoms with Crippen LogP contribution in [0.5, 0.6) is 0 Å². The third kappa shape index (κ3) is 2.57. The van der Waals surface area contributed by atoms with Gasteiger partial charge in [-0.2, -0.15) is 0 Å². The minimum absolute atomic E-state index is 0.276. The molecule has 1 saturated carbocycles. The van der Waals surface area contributed by atoms with Gasteiger partial charge in [-0.25, -0.2) is 0 Å². The maximum atomic E-state index is 11.8. The lowest BCUT2D eigenvalue weighted by Gasteiger charge is -2.03. The predicted octanol–water partition coefficient (Wildman–Crippen LogP) is 4.04. The first-order chi connectivity index (χ1) is 6.66. The van der Waals surface area contributed by atoms with Crippen molar-refractivity contribution in [2.75, 3.05) is 0 Å². The largest absolute Gasteiger partial charge is 0.294 e. The molecule has 0 bridgehead atoms. The topological polar surface area (TPSA) is 17.1 Å². The lowest BCUT2D eigenvalue weighted by molar-refractivity contribution is 0.0975. The highest BCUT2D eigenvalue weighted by Gasteiger charge is 2.25. The monoisotopic (exact) mass is 364 g/mol. The van der Waals surface area contributed by atoms with Gasteiger partial charge in [0.2, 0.25) is 0 Å². The molecule has 0 N–H and O–H groups in total. The molecule has 1 aromatic carbocycles. The van der Waals surface area contributed by atoms with Crippen LogP contribution in [0.2, 0.25) is 0 Å². The van der Waals surface area contributed by atoms with Crippen molar-refractivity contribution in [1.82, 2.24) is 0 Å². The van der Waals surface area contributed by atoms with Crippen molar-refractivity contribution in [2.45, 2.75) is 19.3 Å². The summed E-state index contributed by atoms with van der Waals surface area (Å²) in [5, 5.41) is 0. The summed E-state index contributed by atoms with van der Waals surface area (Å²) in [7, 11) is 0. The number of carbonyl (C=O) groups is 1. The normalized spacial score (nSPS) is 15.6. The summed E-state index contributed by atoms with van der Waals surface area (Å²) in [5.41, 5.74) is 0.837. The van der Waals surface area contributed by atoms with Crippen LogP contribution in [0.15, 0.2) is 22.7 Å². The van der Waals surface area contributed by atoms with E-state index in [1.54, 1.807) is 0 Å². The van der Waals surface area contributed by atoms with Crippen molar-refractivity contribution < 1.29 is 4.79 Å². The van der Waals surface area contributed by atoms with Gasteiger partial charge in [0.05, 0.1) is 0 Å². The zero-order valence-electron chi connectivity index (χ0n) is 7.59. The average Bonchev–Trinajstić information content (AvgIpc) is 2.93. The summed E-state index contributed by atoms with van der Waals surface area (Å²) in [5.74, 6) is 0.935. The van der Waals surface area contributed by atoms with E-state index in [4.69, 9.17) is 0 Å². The van der Waals surface area contributed by atoms with Crippen LogP contribution in [0.1, 0.15) is 29.6 Å². The molecule has 0 spiro atoms. The number of rotatable bonds is 3. The van der Waals surface area contributed by atoms with Gasteiger partial charge in [-0.15, -0.1) is 0 Å². The molecule has 0 saturated heterocycles. The first-order valence-corrected chi connectivity index (χ1v) is 6.52. The fraction of sp³-hybridized carbons (Fsp3) is 0.364. The first kappa shape index (κ1) is 10.6. The molecule has 1 fully saturated rings. The van der Waals surface area contributed by atoms with Crippen molar-refractivity contribution in [3.05, 3.63) is 31.8 Å². The van der Waals surface area contributed by atoms with Crippen molar-refractivity contribution in [2.24, 2.45) is 5.92 Å². The van der Waals surface area contributed by atoms with Gasteiger partial charge in [0, 0.05) is 20.0 Å². The van der Waals surface area contributed by atoms with Crippen molar-refractivity contribution in [3.8, 4) is 0 Å². The molecule has 0 unspecified atom stereocenters. The molecular weight excluding hydrogens is 355 g/mol. The molecule has 0 atom stereocenters. The molecule has 1 nitrogen and oxygen atoms in total. The number of carbonyl (C=O) groups excluding carboxylic acids is 1. The van der Waals surface area contributed by atoms with Crippen LogP contribution in [0.3, 0.4) is 0 Å². The Bertz CT molecular complexity index is 372. The molecule has 2 rings (SSSR count). The van der Waals surface area contributed by atoms with E-state index >= 15 is 0 Å². The van der Waals surface area contributed by atoms with E-state index in [0.29, 0.717) is 5.92 Å². The van der Waals surface area contributed by atoms with Gasteiger partial charge in [-0.1, -0.05) is 15.9 Å². The first-order valence-electron chi connectivity index (χ1n) is 4.65. The smallest absolute Gasteiger partial charge is 0.164 e. The predicted molar refractivity (Wildman–Crippen MR) is 68.5 cm³/mol. The van der Waals surface area contributed by atoms with Gasteiger partial charge in [0.25, 0.3) is 0 Å². The molecule has 14 heavy (non-hydrogen) atoms. The molecule has 1 aliphatic carbocycles. The fourth-order valence-electron chi connectivity index (χ4n) is 1.41. The summed E-state index contributed by atoms with van der Waals surface area (Å²) >= 11 is 5.65. The molecule has 1 aliphatic rings. The highest BCUT2D eigenvalue weighted by molar-refractivity contribution is 14.1. The van der Waals surface area contributed by atoms with Gasteiger partial charge in [0.15, 0.2) is 5.78 Å². The number of benzene rings is 1. The van der Waals surface area contributed by atoms with Crippen LogP contribution >= 0.6 is 38.5 Å². The van der Waals surface area contributed by atoms with Crippen LogP contribution in [0.25, 0.3) is 0 Å². The van der Waals surface area contributed by atoms with Crippen LogP contribution in [0, 0.1) is 9.49 Å². The number of Topliss-reactive ketones (excluding diaryl/α,β-unsaturated/α-hetero) is 1. The Morgan fingerprint density at radius 1 is 1.50 bits per heavy atom. The number of ketones is 1. The fourth-order valence-corrected chi connectivity index (χ4v) is 2.36. The second-order valence-electron chi connectivity index (χ2n) is 3.69. The third-order valence-corrected chi connectivity index (χ3v) is 3.76. The van der Waals surface area contributed by atoms with E-state index in [2.05, 4.69) is 38.5 Å². The van der Waals surface area contributed by atoms with Crippen LogP contribution in [-0.2, 0) is 0 Å². The van der Waals surface area contributed by atoms with E-state index in [1.165, 1.54) is 12.8 Å². The standard InChI is InChI=1S/C11H10BrIO/c12-10-4-3-8(13)6-9(10)11(14)5-7-1-2-7/h3-4,6-7H,1-2,5H2. The van der Waals surface area contributed by atoms with E-state index in [1.807, 2.05) is 18.2 Å². The highest BCUT2D eigenvalue weighted by atomic mass is 127. The molecule has 0 heterocycles. The van der Waals surface area contributed by atoms with Gasteiger partial charge in [-0.05, 0) is 59.5 Å². The molecule has 3 heteroatoms. The minimum atomic E-state index is 0.276. The van der Waals surface area contributed by atoms with Crippen molar-refractivity contribution >= 4 is 44.3 Å². The van der Waals surface area contributed by atoms with Crippen LogP contribution in [-0.4, -0.2) is 5.78 Å². The van der Waals surface area contributed by atoms with E-state index < -0.39 is 0 Å². The Kier molecular flexibility index (Phi) is 3.27. The molecular formula is C11H10BrIO. The molecule has 0 aromatic heterocycles. The van der Waals surface area contributed by atoms with Crippen molar-refractivity contribution in [1.29, 1.82) is 0 Å². The van der Waals surface area contributed by atoms with Crippen LogP contribution in [0.4, 0.5) is 0 Å². The zero-order chi connectivity index (χ0) is 10.1. The summed E-state index contributed by atoms with van der Waals surface area (Å²) in [4.78, 5) is 11.8. The zero-order valence-corrected chi connectivity index (χ0v) is 11.3. The lowest BCUT2D eigenvalue weighted by atomic mass is 10.1. The Morgan fingerprint density at radius 2 is 2.21 bits per heavy atom. The van der Waals surface area contributed by atoms with Gasteiger partial charge in [-0.3, -0.25) is 4.79 Å². The Labute approximate surface area is 106 Å². The second-order valence-corrected chi connectivity index (χ2v) is 5.79. The molecule has 0 amide bonds. The van der Waals surface area contributed by atoms with Gasteiger partial charge < -0.3 is 0 Å². The summed E-state index contributed by atoms with van der Waals surface area (Å²) < 4.78 is 2.04. The SMILES string of the molecule is O=C(CC1CC1)c1cc(I)ccc1Br. The lowest BCUT2D eigenvalue weighted by Crippen LogP contribution is -2.01. The number of hydrogen-bond donors (Lipinski definition) is 0. The Hall–Kier alpha value is 0.1000. The summed E-state index contributed by atoms with van der Waals surface area (Å²) in [6.45, 7) is 0. The van der Waals surface area contributed by atoms with Gasteiger partial charge in [0.1, 0.15) is 0 Å². The summed E-state index contributed by atoms with van der Waals surface area (Å²) in [6, 6.07) is 5.90.